The van der Waals surface area contributed by atoms with Crippen molar-refractivity contribution in [3.63, 3.8) is 0 Å². The summed E-state index contributed by atoms with van der Waals surface area (Å²) in [5.41, 5.74) is 1.78. The van der Waals surface area contributed by atoms with E-state index >= 15 is 0 Å². The van der Waals surface area contributed by atoms with E-state index in [1.54, 1.807) is 25.3 Å². The maximum atomic E-state index is 13.0. The number of sulfonamides is 1. The van der Waals surface area contributed by atoms with E-state index < -0.39 is 10.0 Å². The minimum Gasteiger partial charge on any atom is -0.496 e. The maximum absolute atomic E-state index is 13.0. The lowest BCUT2D eigenvalue weighted by Crippen LogP contribution is -2.45. The summed E-state index contributed by atoms with van der Waals surface area (Å²) in [5.74, 6) is 0.206. The van der Waals surface area contributed by atoms with Crippen molar-refractivity contribution in [2.75, 3.05) is 20.2 Å². The van der Waals surface area contributed by atoms with Crippen LogP contribution in [0.1, 0.15) is 24.0 Å². The van der Waals surface area contributed by atoms with Crippen LogP contribution < -0.4 is 10.1 Å². The Balaban J connectivity index is 1.68. The zero-order chi connectivity index (χ0) is 20.1. The Bertz CT molecular complexity index is 929. The van der Waals surface area contributed by atoms with Gasteiger partial charge in [-0.2, -0.15) is 4.31 Å². The first kappa shape index (κ1) is 20.4. The Morgan fingerprint density at radius 2 is 1.96 bits per heavy atom. The summed E-state index contributed by atoms with van der Waals surface area (Å²) in [6.45, 7) is 2.89. The number of ether oxygens (including phenoxy) is 1. The molecule has 1 atom stereocenters. The first-order valence-corrected chi connectivity index (χ1v) is 10.8. The molecule has 1 heterocycles. The summed E-state index contributed by atoms with van der Waals surface area (Å²) in [7, 11) is -2.09. The largest absolute Gasteiger partial charge is 0.496 e. The van der Waals surface area contributed by atoms with E-state index in [9.17, 15) is 13.2 Å². The van der Waals surface area contributed by atoms with Gasteiger partial charge in [0.2, 0.25) is 15.9 Å². The SMILES string of the molecule is COc1ccc(S(=O)(=O)N2CCC[C@H](C(=O)NCc3ccccc3)C2)cc1C. The topological polar surface area (TPSA) is 75.7 Å². The average molecular weight is 403 g/mol. The Morgan fingerprint density at radius 3 is 2.64 bits per heavy atom. The van der Waals surface area contributed by atoms with Crippen molar-refractivity contribution in [3.05, 3.63) is 59.7 Å². The Hall–Kier alpha value is -2.38. The van der Waals surface area contributed by atoms with Gasteiger partial charge in [0, 0.05) is 19.6 Å². The molecule has 2 aromatic carbocycles. The van der Waals surface area contributed by atoms with E-state index in [0.717, 1.165) is 11.1 Å². The van der Waals surface area contributed by atoms with Crippen molar-refractivity contribution in [2.24, 2.45) is 5.92 Å². The zero-order valence-electron chi connectivity index (χ0n) is 16.2. The highest BCUT2D eigenvalue weighted by atomic mass is 32.2. The number of nitrogens with zero attached hydrogens (tertiary/aromatic N) is 1. The number of carbonyl (C=O) groups excluding carboxylic acids is 1. The van der Waals surface area contributed by atoms with Crippen LogP contribution in [0.5, 0.6) is 5.75 Å². The normalized spacial score (nSPS) is 17.9. The van der Waals surface area contributed by atoms with Crippen molar-refractivity contribution >= 4 is 15.9 Å². The lowest BCUT2D eigenvalue weighted by atomic mass is 9.99. The van der Waals surface area contributed by atoms with Gasteiger partial charge in [0.25, 0.3) is 0 Å². The Morgan fingerprint density at radius 1 is 1.21 bits per heavy atom. The average Bonchev–Trinajstić information content (AvgIpc) is 2.72. The van der Waals surface area contributed by atoms with E-state index in [1.807, 2.05) is 37.3 Å². The second-order valence-electron chi connectivity index (χ2n) is 7.04. The molecule has 0 unspecified atom stereocenters. The number of nitrogens with one attached hydrogen (secondary N) is 1. The quantitative estimate of drug-likeness (QED) is 0.806. The molecule has 2 aromatic rings. The molecule has 0 spiro atoms. The van der Waals surface area contributed by atoms with Crippen molar-refractivity contribution in [2.45, 2.75) is 31.2 Å². The van der Waals surface area contributed by atoms with Crippen molar-refractivity contribution < 1.29 is 17.9 Å². The lowest BCUT2D eigenvalue weighted by Gasteiger charge is -2.31. The molecule has 1 amide bonds. The van der Waals surface area contributed by atoms with E-state index in [0.29, 0.717) is 31.7 Å². The van der Waals surface area contributed by atoms with Gasteiger partial charge < -0.3 is 10.1 Å². The molecule has 150 valence electrons. The predicted octanol–water partition coefficient (Wildman–Crippen LogP) is 2.72. The predicted molar refractivity (Wildman–Crippen MR) is 108 cm³/mol. The van der Waals surface area contributed by atoms with Crippen LogP contribution in [-0.4, -0.2) is 38.8 Å². The molecule has 0 saturated carbocycles. The molecule has 0 aliphatic carbocycles. The second-order valence-corrected chi connectivity index (χ2v) is 8.97. The molecule has 28 heavy (non-hydrogen) atoms. The number of benzene rings is 2. The van der Waals surface area contributed by atoms with Gasteiger partial charge >= 0.3 is 0 Å². The standard InChI is InChI=1S/C21H26N2O4S/c1-16-13-19(10-11-20(16)27-2)28(25,26)23-12-6-9-18(15-23)21(24)22-14-17-7-4-3-5-8-17/h3-5,7-8,10-11,13,18H,6,9,12,14-15H2,1-2H3,(H,22,24)/t18-/m0/s1. The first-order chi connectivity index (χ1) is 13.4. The molecule has 1 N–H and O–H groups in total. The molecule has 6 nitrogen and oxygen atoms in total. The van der Waals surface area contributed by atoms with Gasteiger partial charge in [-0.1, -0.05) is 30.3 Å². The van der Waals surface area contributed by atoms with Gasteiger partial charge in [-0.05, 0) is 49.1 Å². The molecule has 1 aliphatic heterocycles. The minimum absolute atomic E-state index is 0.102. The highest BCUT2D eigenvalue weighted by Crippen LogP contribution is 2.27. The summed E-state index contributed by atoms with van der Waals surface area (Å²) in [6, 6.07) is 14.5. The number of rotatable bonds is 6. The third-order valence-corrected chi connectivity index (χ3v) is 6.93. The van der Waals surface area contributed by atoms with Crippen LogP contribution in [0, 0.1) is 12.8 Å². The molecule has 1 fully saturated rings. The molecular formula is C21H26N2O4S. The van der Waals surface area contributed by atoms with E-state index in [2.05, 4.69) is 5.32 Å². The molecule has 0 radical (unpaired) electrons. The molecular weight excluding hydrogens is 376 g/mol. The summed E-state index contributed by atoms with van der Waals surface area (Å²) >= 11 is 0. The van der Waals surface area contributed by atoms with Gasteiger partial charge in [-0.3, -0.25) is 4.79 Å². The van der Waals surface area contributed by atoms with Gasteiger partial charge in [-0.25, -0.2) is 8.42 Å². The summed E-state index contributed by atoms with van der Waals surface area (Å²) in [5, 5.41) is 2.93. The lowest BCUT2D eigenvalue weighted by molar-refractivity contribution is -0.126. The molecule has 0 aromatic heterocycles. The van der Waals surface area contributed by atoms with Gasteiger partial charge in [0.1, 0.15) is 5.75 Å². The van der Waals surface area contributed by atoms with Crippen LogP contribution in [0.4, 0.5) is 0 Å². The summed E-state index contributed by atoms with van der Waals surface area (Å²) in [4.78, 5) is 12.8. The van der Waals surface area contributed by atoms with Crippen LogP contribution in [0.3, 0.4) is 0 Å². The number of carbonyl (C=O) groups is 1. The maximum Gasteiger partial charge on any atom is 0.243 e. The molecule has 1 saturated heterocycles. The summed E-state index contributed by atoms with van der Waals surface area (Å²) in [6.07, 6.45) is 1.35. The van der Waals surface area contributed by atoms with Crippen LogP contribution >= 0.6 is 0 Å². The monoisotopic (exact) mass is 402 g/mol. The number of hydrogen-bond donors (Lipinski definition) is 1. The van der Waals surface area contributed by atoms with E-state index in [4.69, 9.17) is 4.74 Å². The smallest absolute Gasteiger partial charge is 0.243 e. The summed E-state index contributed by atoms with van der Waals surface area (Å²) < 4.78 is 32.7. The minimum atomic E-state index is -3.65. The van der Waals surface area contributed by atoms with Crippen LogP contribution in [0.2, 0.25) is 0 Å². The number of hydrogen-bond acceptors (Lipinski definition) is 4. The second kappa shape index (κ2) is 8.75. The Kier molecular flexibility index (Phi) is 6.36. The van der Waals surface area contributed by atoms with E-state index in [1.165, 1.54) is 4.31 Å². The first-order valence-electron chi connectivity index (χ1n) is 9.38. The molecule has 3 rings (SSSR count). The molecule has 0 bridgehead atoms. The zero-order valence-corrected chi connectivity index (χ0v) is 17.0. The fraction of sp³-hybridized carbons (Fsp3) is 0.381. The van der Waals surface area contributed by atoms with Gasteiger partial charge in [-0.15, -0.1) is 0 Å². The van der Waals surface area contributed by atoms with Gasteiger partial charge in [0.15, 0.2) is 0 Å². The van der Waals surface area contributed by atoms with Crippen LogP contribution in [-0.2, 0) is 21.4 Å². The van der Waals surface area contributed by atoms with E-state index in [-0.39, 0.29) is 23.3 Å². The third kappa shape index (κ3) is 4.54. The van der Waals surface area contributed by atoms with Crippen molar-refractivity contribution in [3.8, 4) is 5.75 Å². The van der Waals surface area contributed by atoms with Crippen molar-refractivity contribution in [1.82, 2.24) is 9.62 Å². The highest BCUT2D eigenvalue weighted by Gasteiger charge is 2.33. The number of piperidine rings is 1. The van der Waals surface area contributed by atoms with Crippen LogP contribution in [0.25, 0.3) is 0 Å². The van der Waals surface area contributed by atoms with Crippen LogP contribution in [0.15, 0.2) is 53.4 Å². The number of amides is 1. The van der Waals surface area contributed by atoms with Crippen molar-refractivity contribution in [1.29, 1.82) is 0 Å². The Labute approximate surface area is 166 Å². The third-order valence-electron chi connectivity index (χ3n) is 5.07. The number of aryl methyl sites for hydroxylation is 1. The molecule has 7 heteroatoms. The molecule has 1 aliphatic rings. The fourth-order valence-corrected chi connectivity index (χ4v) is 5.07. The number of methoxy groups -OCH3 is 1. The fourth-order valence-electron chi connectivity index (χ4n) is 3.46. The van der Waals surface area contributed by atoms with Gasteiger partial charge in [0.05, 0.1) is 17.9 Å². The highest BCUT2D eigenvalue weighted by molar-refractivity contribution is 7.89.